The Kier molecular flexibility index (Phi) is 5.81. The summed E-state index contributed by atoms with van der Waals surface area (Å²) in [5.41, 5.74) is -1.48. The smallest absolute Gasteiger partial charge is 0.338 e. The van der Waals surface area contributed by atoms with Gasteiger partial charge in [0.05, 0.1) is 17.6 Å². The molecule has 0 aromatic heterocycles. The first kappa shape index (κ1) is 26.4. The number of fused-ring (bicyclic) bond motifs is 5. The van der Waals surface area contributed by atoms with Gasteiger partial charge in [0.15, 0.2) is 23.3 Å². The Balaban J connectivity index is 1.64. The number of hydrogen-bond donors (Lipinski definition) is 1. The second-order valence-electron chi connectivity index (χ2n) is 13.1. The van der Waals surface area contributed by atoms with E-state index in [4.69, 9.17) is 14.2 Å². The third-order valence-electron chi connectivity index (χ3n) is 9.73. The molecule has 202 valence electrons. The van der Waals surface area contributed by atoms with Gasteiger partial charge in [-0.1, -0.05) is 39.5 Å². The van der Waals surface area contributed by atoms with Gasteiger partial charge in [-0.15, -0.1) is 0 Å². The van der Waals surface area contributed by atoms with Gasteiger partial charge in [-0.3, -0.25) is 4.79 Å². The number of esters is 1. The second-order valence-corrected chi connectivity index (χ2v) is 13.1. The molecule has 1 N–H and O–H groups in total. The minimum absolute atomic E-state index is 0.00638. The van der Waals surface area contributed by atoms with Gasteiger partial charge in [-0.2, -0.15) is 0 Å². The Morgan fingerprint density at radius 3 is 2.59 bits per heavy atom. The Bertz CT molecular complexity index is 1140. The van der Waals surface area contributed by atoms with E-state index >= 15 is 0 Å². The van der Waals surface area contributed by atoms with E-state index in [9.17, 15) is 14.7 Å². The van der Waals surface area contributed by atoms with E-state index in [0.29, 0.717) is 11.5 Å². The number of ether oxygens (including phenoxy) is 3. The minimum atomic E-state index is -1.82. The first-order chi connectivity index (χ1) is 17.1. The zero-order chi connectivity index (χ0) is 27.3. The molecule has 0 aromatic rings. The van der Waals surface area contributed by atoms with Crippen LogP contribution in [0.3, 0.4) is 0 Å². The minimum Gasteiger partial charge on any atom is -0.451 e. The number of rotatable bonds is 4. The molecule has 5 rings (SSSR count). The van der Waals surface area contributed by atoms with E-state index in [-0.39, 0.29) is 41.1 Å². The van der Waals surface area contributed by atoms with Gasteiger partial charge < -0.3 is 24.2 Å². The molecule has 6 unspecified atom stereocenters. The first-order valence-corrected chi connectivity index (χ1v) is 13.3. The van der Waals surface area contributed by atoms with E-state index in [1.54, 1.807) is 31.0 Å². The van der Waals surface area contributed by atoms with Gasteiger partial charge in [0.25, 0.3) is 0 Å². The van der Waals surface area contributed by atoms with Crippen molar-refractivity contribution in [1.82, 2.24) is 4.90 Å². The summed E-state index contributed by atoms with van der Waals surface area (Å²) >= 11 is 0. The fraction of sp³-hybridized carbons (Fsp3) is 0.667. The van der Waals surface area contributed by atoms with E-state index < -0.39 is 35.0 Å². The molecule has 1 heterocycles. The number of aliphatic hydroxyl groups is 1. The predicted octanol–water partition coefficient (Wildman–Crippen LogP) is 3.80. The van der Waals surface area contributed by atoms with Crippen molar-refractivity contribution >= 4 is 11.8 Å². The highest BCUT2D eigenvalue weighted by Crippen LogP contribution is 2.72. The molecule has 5 aliphatic rings. The molecule has 0 radical (unpaired) electrons. The van der Waals surface area contributed by atoms with Crippen molar-refractivity contribution < 1.29 is 28.9 Å². The van der Waals surface area contributed by atoms with E-state index in [1.807, 2.05) is 33.2 Å². The number of hydrogen-bond acceptors (Lipinski definition) is 7. The molecule has 2 bridgehead atoms. The summed E-state index contributed by atoms with van der Waals surface area (Å²) in [6, 6.07) is 0. The molecule has 4 aliphatic carbocycles. The summed E-state index contributed by atoms with van der Waals surface area (Å²) in [4.78, 5) is 29.7. The first-order valence-electron chi connectivity index (χ1n) is 13.3. The molecule has 0 aromatic carbocycles. The summed E-state index contributed by atoms with van der Waals surface area (Å²) in [6.07, 6.45) is 6.05. The van der Waals surface area contributed by atoms with Gasteiger partial charge in [0.2, 0.25) is 0 Å². The molecule has 37 heavy (non-hydrogen) atoms. The van der Waals surface area contributed by atoms with Crippen LogP contribution >= 0.6 is 0 Å². The number of nitrogens with zero attached hydrogens (tertiary/aromatic N) is 1. The molecule has 2 saturated carbocycles. The summed E-state index contributed by atoms with van der Waals surface area (Å²) < 4.78 is 18.5. The monoisotopic (exact) mass is 511 g/mol. The summed E-state index contributed by atoms with van der Waals surface area (Å²) in [7, 11) is 3.69. The molecule has 1 spiro atoms. The van der Waals surface area contributed by atoms with Crippen molar-refractivity contribution in [3.63, 3.8) is 0 Å². The van der Waals surface area contributed by atoms with Crippen molar-refractivity contribution in [1.29, 1.82) is 0 Å². The Morgan fingerprint density at radius 2 is 1.95 bits per heavy atom. The topological polar surface area (TPSA) is 85.3 Å². The molecular weight excluding hydrogens is 470 g/mol. The predicted molar refractivity (Wildman–Crippen MR) is 139 cm³/mol. The molecule has 8 atom stereocenters. The zero-order valence-electron chi connectivity index (χ0n) is 23.3. The Hall–Kier alpha value is -2.22. The zero-order valence-corrected chi connectivity index (χ0v) is 23.3. The maximum atomic E-state index is 14.7. The Morgan fingerprint density at radius 1 is 1.27 bits per heavy atom. The lowest BCUT2D eigenvalue weighted by Gasteiger charge is -2.52. The van der Waals surface area contributed by atoms with Gasteiger partial charge in [0.1, 0.15) is 6.10 Å². The molecular formula is C30H41NO6. The maximum absolute atomic E-state index is 14.7. The van der Waals surface area contributed by atoms with Crippen molar-refractivity contribution in [2.45, 2.75) is 71.6 Å². The van der Waals surface area contributed by atoms with Crippen LogP contribution in [0, 0.1) is 34.5 Å². The van der Waals surface area contributed by atoms with Gasteiger partial charge in [-0.05, 0) is 73.8 Å². The van der Waals surface area contributed by atoms with Crippen LogP contribution in [-0.2, 0) is 23.8 Å². The van der Waals surface area contributed by atoms with Crippen LogP contribution in [0.25, 0.3) is 0 Å². The van der Waals surface area contributed by atoms with E-state index in [0.717, 1.165) is 12.0 Å². The molecule has 0 amide bonds. The van der Waals surface area contributed by atoms with Gasteiger partial charge >= 0.3 is 5.97 Å². The van der Waals surface area contributed by atoms with Crippen LogP contribution in [0.1, 0.15) is 48.0 Å². The lowest BCUT2D eigenvalue weighted by atomic mass is 9.59. The summed E-state index contributed by atoms with van der Waals surface area (Å²) in [5.74, 6) is -1.60. The van der Waals surface area contributed by atoms with Crippen molar-refractivity contribution in [2.24, 2.45) is 34.5 Å². The van der Waals surface area contributed by atoms with Crippen molar-refractivity contribution in [3.05, 3.63) is 47.7 Å². The van der Waals surface area contributed by atoms with E-state index in [2.05, 4.69) is 27.4 Å². The van der Waals surface area contributed by atoms with Crippen molar-refractivity contribution in [2.75, 3.05) is 20.7 Å². The molecule has 3 fully saturated rings. The number of ketones is 1. The highest BCUT2D eigenvalue weighted by Gasteiger charge is 2.77. The van der Waals surface area contributed by atoms with Gasteiger partial charge in [0, 0.05) is 20.0 Å². The molecule has 1 aliphatic heterocycles. The highest BCUT2D eigenvalue weighted by molar-refractivity contribution is 5.96. The molecule has 1 saturated heterocycles. The SMILES string of the molecule is C=C(/C=C\N(C)C)C(=O)OC1C(C)=CC23C(=O)C(C=C4COC(C)(C)OC4C12O)[C@H]1C(C[C@H]3C)C1(C)C. The maximum Gasteiger partial charge on any atom is 0.338 e. The van der Waals surface area contributed by atoms with Gasteiger partial charge in [-0.25, -0.2) is 4.79 Å². The largest absolute Gasteiger partial charge is 0.451 e. The van der Waals surface area contributed by atoms with Crippen LogP contribution in [0.15, 0.2) is 47.7 Å². The van der Waals surface area contributed by atoms with Crippen LogP contribution in [-0.4, -0.2) is 66.1 Å². The quantitative estimate of drug-likeness (QED) is 0.266. The average Bonchev–Trinajstić information content (AvgIpc) is 3.29. The molecule has 7 nitrogen and oxygen atoms in total. The normalized spacial score (nSPS) is 42.9. The standard InChI is InChI=1S/C30H41NO6/c1-16(10-11-31(8)9)26(33)36-24-17(2)14-29-18(3)12-21-22(27(21,4)5)20(23(29)32)13-19-15-35-28(6,7)37-25(19)30(24,29)34/h10-11,13-14,18,20-22,24-25,34H,1,12,15H2,2-9H3/b11-10-/t18-,20?,21?,22+,24?,25?,29?,30?/m1/s1. The molecule has 7 heteroatoms. The summed E-state index contributed by atoms with van der Waals surface area (Å²) in [5, 5.41) is 13.0. The average molecular weight is 512 g/mol. The fourth-order valence-electron chi connectivity index (χ4n) is 7.79. The van der Waals surface area contributed by atoms with Crippen LogP contribution in [0.2, 0.25) is 0 Å². The highest BCUT2D eigenvalue weighted by atomic mass is 16.7. The van der Waals surface area contributed by atoms with Crippen LogP contribution < -0.4 is 0 Å². The number of carbonyl (C=O) groups excluding carboxylic acids is 2. The van der Waals surface area contributed by atoms with Crippen LogP contribution in [0.5, 0.6) is 0 Å². The lowest BCUT2D eigenvalue weighted by molar-refractivity contribution is -0.303. The number of allylic oxidation sites excluding steroid dienone is 1. The second kappa shape index (κ2) is 8.14. The third kappa shape index (κ3) is 3.57. The summed E-state index contributed by atoms with van der Waals surface area (Å²) in [6.45, 7) is 16.1. The van der Waals surface area contributed by atoms with Crippen LogP contribution in [0.4, 0.5) is 0 Å². The Labute approximate surface area is 220 Å². The number of Topliss-reactive ketones (excluding diaryl/α,β-unsaturated/α-hetero) is 1. The van der Waals surface area contributed by atoms with Crippen molar-refractivity contribution in [3.8, 4) is 0 Å². The fourth-order valence-corrected chi connectivity index (χ4v) is 7.79. The van der Waals surface area contributed by atoms with E-state index in [1.165, 1.54) is 0 Å². The third-order valence-corrected chi connectivity index (χ3v) is 9.73. The number of carbonyl (C=O) groups is 2. The lowest BCUT2D eigenvalue weighted by Crippen LogP contribution is -2.68.